The quantitative estimate of drug-likeness (QED) is 0.733. The molecule has 7 heteroatoms. The molecule has 0 unspecified atom stereocenters. The molecule has 0 spiro atoms. The monoisotopic (exact) mass is 383 g/mol. The lowest BCUT2D eigenvalue weighted by atomic mass is 10.0. The van der Waals surface area contributed by atoms with Gasteiger partial charge >= 0.3 is 8.25 Å². The smallest absolute Gasteiger partial charge is 0.496 e. The van der Waals surface area contributed by atoms with Gasteiger partial charge in [0.15, 0.2) is 0 Å². The molecule has 0 aliphatic rings. The Kier molecular flexibility index (Phi) is 9.62. The van der Waals surface area contributed by atoms with E-state index in [4.69, 9.17) is 23.8 Å². The van der Waals surface area contributed by atoms with E-state index in [1.54, 1.807) is 14.2 Å². The number of hydrogen-bond acceptors (Lipinski definition) is 3. The first kappa shape index (κ1) is 21.5. The van der Waals surface area contributed by atoms with Crippen LogP contribution in [-0.4, -0.2) is 36.3 Å². The Morgan fingerprint density at radius 3 is 1.84 bits per heavy atom. The summed E-state index contributed by atoms with van der Waals surface area (Å²) in [5.74, 6) is 1.90. The fraction of sp³-hybridized carbons (Fsp3) is 0.333. The van der Waals surface area contributed by atoms with Gasteiger partial charge in [-0.3, -0.25) is 0 Å². The Labute approximate surface area is 151 Å². The molecule has 2 aromatic carbocycles. The Balaban J connectivity index is 0.000000705. The van der Waals surface area contributed by atoms with Crippen LogP contribution in [0.1, 0.15) is 13.8 Å². The molecule has 0 radical (unpaired) electrons. The van der Waals surface area contributed by atoms with Gasteiger partial charge in [-0.1, -0.05) is 52.1 Å². The van der Waals surface area contributed by atoms with Gasteiger partial charge in [-0.25, -0.2) is 0 Å². The highest BCUT2D eigenvalue weighted by Gasteiger charge is 2.21. The first-order chi connectivity index (χ1) is 12.0. The maximum atomic E-state index is 8.70. The first-order valence-electron chi connectivity index (χ1n) is 7.90. The van der Waals surface area contributed by atoms with E-state index in [1.165, 1.54) is 16.4 Å². The Morgan fingerprint density at radius 1 is 0.920 bits per heavy atom. The van der Waals surface area contributed by atoms with Crippen LogP contribution in [0.2, 0.25) is 0 Å². The van der Waals surface area contributed by atoms with Crippen LogP contribution in [0.4, 0.5) is 0 Å². The van der Waals surface area contributed by atoms with Crippen molar-refractivity contribution in [2.75, 3.05) is 26.5 Å². The van der Waals surface area contributed by atoms with Gasteiger partial charge in [0, 0.05) is 15.4 Å². The van der Waals surface area contributed by atoms with Crippen molar-refractivity contribution in [1.29, 1.82) is 0 Å². The van der Waals surface area contributed by atoms with Gasteiger partial charge < -0.3 is 9.47 Å². The summed E-state index contributed by atoms with van der Waals surface area (Å²) < 4.78 is 20.0. The second kappa shape index (κ2) is 11.2. The highest BCUT2D eigenvalue weighted by molar-refractivity contribution is 7.66. The zero-order valence-electron chi connectivity index (χ0n) is 15.0. The first-order valence-corrected chi connectivity index (χ1v) is 10.8. The average Bonchev–Trinajstić information content (AvgIpc) is 2.62. The zero-order chi connectivity index (χ0) is 18.8. The summed E-state index contributed by atoms with van der Waals surface area (Å²) in [6.45, 7) is 4.51. The lowest BCUT2D eigenvalue weighted by Gasteiger charge is -2.23. The minimum atomic E-state index is -2.87. The maximum absolute atomic E-state index is 8.70. The van der Waals surface area contributed by atoms with Crippen molar-refractivity contribution in [1.82, 2.24) is 0 Å². The van der Waals surface area contributed by atoms with E-state index in [2.05, 4.69) is 38.1 Å². The second-order valence-electron chi connectivity index (χ2n) is 4.98. The van der Waals surface area contributed by atoms with E-state index in [0.717, 1.165) is 23.8 Å². The molecule has 0 saturated heterocycles. The fourth-order valence-electron chi connectivity index (χ4n) is 2.63. The van der Waals surface area contributed by atoms with Crippen molar-refractivity contribution in [3.8, 4) is 22.6 Å². The molecule has 5 nitrogen and oxygen atoms in total. The van der Waals surface area contributed by atoms with Crippen LogP contribution in [-0.2, 0) is 4.57 Å². The van der Waals surface area contributed by atoms with Crippen LogP contribution in [0.25, 0.3) is 11.1 Å². The van der Waals surface area contributed by atoms with E-state index in [0.29, 0.717) is 0 Å². The van der Waals surface area contributed by atoms with E-state index in [1.807, 2.05) is 18.2 Å². The Hall–Kier alpha value is -1.51. The van der Waals surface area contributed by atoms with Crippen LogP contribution in [0.3, 0.4) is 0 Å². The van der Waals surface area contributed by atoms with E-state index < -0.39 is 8.25 Å². The normalized spacial score (nSPS) is 10.0. The number of rotatable bonds is 6. The zero-order valence-corrected chi connectivity index (χ0v) is 16.8. The second-order valence-corrected chi connectivity index (χ2v) is 8.28. The predicted octanol–water partition coefficient (Wildman–Crippen LogP) is 4.15. The molecule has 0 heterocycles. The third-order valence-corrected chi connectivity index (χ3v) is 6.29. The summed E-state index contributed by atoms with van der Waals surface area (Å²) in [6.07, 6.45) is 2.30. The van der Waals surface area contributed by atoms with Crippen molar-refractivity contribution >= 4 is 21.5 Å². The van der Waals surface area contributed by atoms with E-state index in [-0.39, 0.29) is 7.92 Å². The molecule has 0 aliphatic carbocycles. The molecular weight excluding hydrogens is 358 g/mol. The van der Waals surface area contributed by atoms with Gasteiger partial charge in [-0.05, 0) is 30.0 Å². The van der Waals surface area contributed by atoms with Crippen LogP contribution in [0.15, 0.2) is 42.5 Å². The molecule has 0 amide bonds. The van der Waals surface area contributed by atoms with Crippen molar-refractivity contribution in [2.24, 2.45) is 0 Å². The minimum Gasteiger partial charge on any atom is -0.496 e. The molecule has 0 aliphatic heterocycles. The third-order valence-electron chi connectivity index (χ3n) is 3.68. The van der Waals surface area contributed by atoms with Gasteiger partial charge in [0.2, 0.25) is 0 Å². The summed E-state index contributed by atoms with van der Waals surface area (Å²) in [5.41, 5.74) is 2.38. The molecule has 0 saturated carbocycles. The number of benzene rings is 2. The molecular formula is C18H25O5P2+. The third kappa shape index (κ3) is 6.05. The molecule has 25 heavy (non-hydrogen) atoms. The van der Waals surface area contributed by atoms with Crippen molar-refractivity contribution in [3.05, 3.63) is 42.5 Å². The lowest BCUT2D eigenvalue weighted by molar-refractivity contribution is 0.405. The molecule has 136 valence electrons. The fourth-order valence-corrected chi connectivity index (χ4v) is 4.74. The minimum absolute atomic E-state index is 0.249. The Bertz CT molecular complexity index is 669. The molecule has 2 N–H and O–H groups in total. The number of hydrogen-bond donors (Lipinski definition) is 2. The van der Waals surface area contributed by atoms with Crippen molar-refractivity contribution < 1.29 is 23.8 Å². The van der Waals surface area contributed by atoms with Gasteiger partial charge in [0.05, 0.1) is 14.2 Å². The van der Waals surface area contributed by atoms with Crippen LogP contribution in [0, 0.1) is 0 Å². The largest absolute Gasteiger partial charge is 0.692 e. The van der Waals surface area contributed by atoms with Gasteiger partial charge in [-0.2, -0.15) is 0 Å². The number of ether oxygens (including phenoxy) is 2. The number of methoxy groups -OCH3 is 2. The van der Waals surface area contributed by atoms with E-state index in [9.17, 15) is 0 Å². The van der Waals surface area contributed by atoms with Crippen molar-refractivity contribution in [2.45, 2.75) is 13.8 Å². The van der Waals surface area contributed by atoms with Crippen LogP contribution < -0.4 is 14.8 Å². The van der Waals surface area contributed by atoms with Crippen LogP contribution in [0.5, 0.6) is 11.5 Å². The summed E-state index contributed by atoms with van der Waals surface area (Å²) in [5, 5.41) is 1.32. The molecule has 0 bridgehead atoms. The molecule has 2 rings (SSSR count). The molecule has 0 atom stereocenters. The Morgan fingerprint density at radius 2 is 1.40 bits per heavy atom. The van der Waals surface area contributed by atoms with Crippen molar-refractivity contribution in [3.63, 3.8) is 0 Å². The summed E-state index contributed by atoms with van der Waals surface area (Å²) >= 11 is 0. The van der Waals surface area contributed by atoms with Crippen LogP contribution >= 0.6 is 16.2 Å². The molecule has 0 aromatic heterocycles. The topological polar surface area (TPSA) is 76.0 Å². The average molecular weight is 383 g/mol. The molecule has 0 fully saturated rings. The van der Waals surface area contributed by atoms with E-state index >= 15 is 0 Å². The highest BCUT2D eigenvalue weighted by atomic mass is 31.1. The van der Waals surface area contributed by atoms with Gasteiger partial charge in [-0.15, -0.1) is 9.79 Å². The maximum Gasteiger partial charge on any atom is 0.692 e. The summed E-state index contributed by atoms with van der Waals surface area (Å²) in [7, 11) is 0.364. The highest BCUT2D eigenvalue weighted by Crippen LogP contribution is 2.44. The lowest BCUT2D eigenvalue weighted by Crippen LogP contribution is -2.13. The summed E-state index contributed by atoms with van der Waals surface area (Å²) in [6, 6.07) is 14.5. The van der Waals surface area contributed by atoms with Gasteiger partial charge in [0.1, 0.15) is 11.5 Å². The molecule has 2 aromatic rings. The predicted molar refractivity (Wildman–Crippen MR) is 105 cm³/mol. The standard InChI is InChI=1S/C18H23O2P.HO3P/c1-5-21(6-2)18-16(20-4)13-12-15(19-3)17(18)14-10-8-7-9-11-14;1-4(2)3/h7-13H,5-6H2,1-4H3;(H-,1,2,3)/p+1. The van der Waals surface area contributed by atoms with Gasteiger partial charge in [0.25, 0.3) is 0 Å². The summed E-state index contributed by atoms with van der Waals surface area (Å²) in [4.78, 5) is 14.2. The SMILES string of the molecule is CCP(CC)c1c(OC)ccc(OC)c1-c1ccccc1.O=[P+](O)O.